The summed E-state index contributed by atoms with van der Waals surface area (Å²) in [6.07, 6.45) is 4.59. The lowest BCUT2D eigenvalue weighted by Gasteiger charge is -2.20. The Hall–Kier alpha value is -0.830. The zero-order valence-corrected chi connectivity index (χ0v) is 7.49. The van der Waals surface area contributed by atoms with Gasteiger partial charge in [-0.15, -0.1) is 0 Å². The van der Waals surface area contributed by atoms with Gasteiger partial charge in [0, 0.05) is 0 Å². The van der Waals surface area contributed by atoms with Crippen LogP contribution in [0.15, 0.2) is 12.2 Å². The predicted octanol–water partition coefficient (Wildman–Crippen LogP) is 0.250. The number of hydrogen-bond donors (Lipinski definition) is 0. The summed E-state index contributed by atoms with van der Waals surface area (Å²) in [5.41, 5.74) is 0.226. The normalized spacial score (nSPS) is 36.5. The fraction of sp³-hybridized carbons (Fsp3) is 0.700. The van der Waals surface area contributed by atoms with Crippen molar-refractivity contribution in [1.29, 1.82) is 0 Å². The van der Waals surface area contributed by atoms with Gasteiger partial charge in [-0.25, -0.2) is 0 Å². The third kappa shape index (κ3) is 1.91. The topological polar surface area (TPSA) is 52.7 Å². The predicted molar refractivity (Wildman–Crippen MR) is 44.8 cm³/mol. The molecule has 2 rings (SSSR count). The van der Waals surface area contributed by atoms with Crippen LogP contribution in [0.1, 0.15) is 25.7 Å². The molecule has 72 valence electrons. The van der Waals surface area contributed by atoms with Crippen LogP contribution in [-0.2, 0) is 9.53 Å². The van der Waals surface area contributed by atoms with Crippen LogP contribution in [0.5, 0.6) is 0 Å². The van der Waals surface area contributed by atoms with Crippen molar-refractivity contribution in [2.45, 2.75) is 37.9 Å². The third-order valence-corrected chi connectivity index (χ3v) is 2.94. The highest BCUT2D eigenvalue weighted by molar-refractivity contribution is 5.83. The number of carboxylic acid groups (broad SMARTS) is 1. The van der Waals surface area contributed by atoms with E-state index in [0.29, 0.717) is 24.5 Å². The molecule has 0 spiro atoms. The Morgan fingerprint density at radius 2 is 2.23 bits per heavy atom. The van der Waals surface area contributed by atoms with Crippen LogP contribution in [0.4, 0.5) is 0 Å². The smallest absolute Gasteiger partial charge is 0.0844 e. The molecule has 0 aromatic carbocycles. The summed E-state index contributed by atoms with van der Waals surface area (Å²) >= 11 is 0. The fourth-order valence-electron chi connectivity index (χ4n) is 2.10. The minimum Gasteiger partial charge on any atom is -0.545 e. The number of carbonyl (C=O) groups excluding carboxylic acids is 1. The van der Waals surface area contributed by atoms with Gasteiger partial charge in [0.15, 0.2) is 0 Å². The van der Waals surface area contributed by atoms with Crippen molar-refractivity contribution in [1.82, 2.24) is 0 Å². The van der Waals surface area contributed by atoms with Crippen LogP contribution in [0.3, 0.4) is 0 Å². The van der Waals surface area contributed by atoms with E-state index in [1.165, 1.54) is 0 Å². The molecule has 0 aromatic rings. The van der Waals surface area contributed by atoms with E-state index in [2.05, 4.69) is 6.58 Å². The third-order valence-electron chi connectivity index (χ3n) is 2.94. The number of aliphatic carboxylic acids is 1. The van der Waals surface area contributed by atoms with Gasteiger partial charge in [-0.05, 0) is 37.2 Å². The minimum atomic E-state index is -1.11. The van der Waals surface area contributed by atoms with Gasteiger partial charge in [0.25, 0.3) is 0 Å². The summed E-state index contributed by atoms with van der Waals surface area (Å²) in [5, 5.41) is 10.4. The quantitative estimate of drug-likeness (QED) is 0.463. The van der Waals surface area contributed by atoms with E-state index in [1.807, 2.05) is 0 Å². The maximum absolute atomic E-state index is 10.4. The van der Waals surface area contributed by atoms with Gasteiger partial charge in [-0.3, -0.25) is 0 Å². The highest BCUT2D eigenvalue weighted by Crippen LogP contribution is 2.41. The van der Waals surface area contributed by atoms with Crippen LogP contribution in [0.25, 0.3) is 0 Å². The first-order chi connectivity index (χ1) is 6.16. The molecule has 0 amide bonds. The molecule has 3 nitrogen and oxygen atoms in total. The lowest BCUT2D eigenvalue weighted by Crippen LogP contribution is -2.26. The molecule has 0 radical (unpaired) electrons. The number of ether oxygens (including phenoxy) is 1. The molecule has 3 atom stereocenters. The average molecular weight is 181 g/mol. The van der Waals surface area contributed by atoms with Crippen LogP contribution < -0.4 is 5.11 Å². The summed E-state index contributed by atoms with van der Waals surface area (Å²) in [4.78, 5) is 10.4. The maximum atomic E-state index is 10.4. The molecular formula is C10H13O3-. The molecular weight excluding hydrogens is 168 g/mol. The zero-order valence-electron chi connectivity index (χ0n) is 7.49. The summed E-state index contributed by atoms with van der Waals surface area (Å²) in [5.74, 6) is -0.673. The van der Waals surface area contributed by atoms with Gasteiger partial charge >= 0.3 is 0 Å². The molecule has 0 aromatic heterocycles. The largest absolute Gasteiger partial charge is 0.545 e. The Bertz CT molecular complexity index is 247. The van der Waals surface area contributed by atoms with Crippen molar-refractivity contribution in [2.75, 3.05) is 0 Å². The van der Waals surface area contributed by atoms with E-state index in [9.17, 15) is 9.90 Å². The van der Waals surface area contributed by atoms with E-state index < -0.39 is 5.97 Å². The van der Waals surface area contributed by atoms with Crippen LogP contribution in [0.2, 0.25) is 0 Å². The van der Waals surface area contributed by atoms with E-state index in [1.54, 1.807) is 0 Å². The van der Waals surface area contributed by atoms with Gasteiger partial charge in [0.1, 0.15) is 0 Å². The molecule has 0 bridgehead atoms. The summed E-state index contributed by atoms with van der Waals surface area (Å²) in [7, 11) is 0. The summed E-state index contributed by atoms with van der Waals surface area (Å²) < 4.78 is 5.36. The zero-order chi connectivity index (χ0) is 9.42. The van der Waals surface area contributed by atoms with Crippen molar-refractivity contribution < 1.29 is 14.6 Å². The molecule has 3 heteroatoms. The standard InChI is InChI=1S/C10H14O3/c1-6(10(11)12)4-7-2-3-8-9(5-7)13-8/h7-9H,1-5H2,(H,11,12)/p-1. The lowest BCUT2D eigenvalue weighted by molar-refractivity contribution is -0.299. The molecule has 1 aliphatic carbocycles. The Morgan fingerprint density at radius 3 is 2.85 bits per heavy atom. The maximum Gasteiger partial charge on any atom is 0.0844 e. The van der Waals surface area contributed by atoms with Crippen molar-refractivity contribution in [3.05, 3.63) is 12.2 Å². The number of carboxylic acids is 1. The van der Waals surface area contributed by atoms with Crippen molar-refractivity contribution >= 4 is 5.97 Å². The van der Waals surface area contributed by atoms with Gasteiger partial charge < -0.3 is 14.6 Å². The average Bonchev–Trinajstić information content (AvgIpc) is 2.81. The molecule has 2 aliphatic rings. The van der Waals surface area contributed by atoms with Crippen LogP contribution >= 0.6 is 0 Å². The molecule has 1 heterocycles. The van der Waals surface area contributed by atoms with Crippen molar-refractivity contribution in [2.24, 2.45) is 5.92 Å². The first-order valence-corrected chi connectivity index (χ1v) is 4.71. The Labute approximate surface area is 77.4 Å². The Morgan fingerprint density at radius 1 is 1.46 bits per heavy atom. The Balaban J connectivity index is 1.81. The van der Waals surface area contributed by atoms with E-state index >= 15 is 0 Å². The number of hydrogen-bond acceptors (Lipinski definition) is 3. The summed E-state index contributed by atoms with van der Waals surface area (Å²) in [6.45, 7) is 3.48. The second-order valence-corrected chi connectivity index (χ2v) is 3.99. The second-order valence-electron chi connectivity index (χ2n) is 3.99. The van der Waals surface area contributed by atoms with Crippen LogP contribution in [-0.4, -0.2) is 18.2 Å². The van der Waals surface area contributed by atoms with E-state index in [-0.39, 0.29) is 5.57 Å². The van der Waals surface area contributed by atoms with Crippen LogP contribution in [0, 0.1) is 5.92 Å². The molecule has 1 aliphatic heterocycles. The number of rotatable bonds is 3. The van der Waals surface area contributed by atoms with Crippen molar-refractivity contribution in [3.63, 3.8) is 0 Å². The van der Waals surface area contributed by atoms with Gasteiger partial charge in [0.05, 0.1) is 18.2 Å². The molecule has 13 heavy (non-hydrogen) atoms. The van der Waals surface area contributed by atoms with E-state index in [0.717, 1.165) is 19.3 Å². The molecule has 2 fully saturated rings. The minimum absolute atomic E-state index is 0.226. The molecule has 1 saturated heterocycles. The van der Waals surface area contributed by atoms with Crippen molar-refractivity contribution in [3.8, 4) is 0 Å². The van der Waals surface area contributed by atoms with Gasteiger partial charge in [0.2, 0.25) is 0 Å². The summed E-state index contributed by atoms with van der Waals surface area (Å²) in [6, 6.07) is 0. The highest BCUT2D eigenvalue weighted by atomic mass is 16.6. The van der Waals surface area contributed by atoms with E-state index in [4.69, 9.17) is 4.74 Å². The first kappa shape index (κ1) is 8.75. The molecule has 1 saturated carbocycles. The molecule has 3 unspecified atom stereocenters. The second kappa shape index (κ2) is 3.14. The van der Waals surface area contributed by atoms with Gasteiger partial charge in [-0.1, -0.05) is 6.58 Å². The van der Waals surface area contributed by atoms with Gasteiger partial charge in [-0.2, -0.15) is 0 Å². The monoisotopic (exact) mass is 181 g/mol. The first-order valence-electron chi connectivity index (χ1n) is 4.71. The SMILES string of the molecule is C=C(CC1CCC2OC2C1)C(=O)[O-]. The lowest BCUT2D eigenvalue weighted by atomic mass is 9.85. The molecule has 0 N–H and O–H groups in total. The fourth-order valence-corrected chi connectivity index (χ4v) is 2.10. The number of carbonyl (C=O) groups is 1. The highest BCUT2D eigenvalue weighted by Gasteiger charge is 2.43. The number of fused-ring (bicyclic) bond motifs is 1. The number of epoxide rings is 1. The Kier molecular flexibility index (Phi) is 2.12.